The van der Waals surface area contributed by atoms with E-state index in [9.17, 15) is 19.8 Å². The van der Waals surface area contributed by atoms with Gasteiger partial charge in [0.15, 0.2) is 5.78 Å². The number of Topliss-reactive ketones (excluding diaryl/α,β-unsaturated/α-hetero) is 1. The van der Waals surface area contributed by atoms with Crippen LogP contribution in [-0.4, -0.2) is 33.5 Å². The summed E-state index contributed by atoms with van der Waals surface area (Å²) in [7, 11) is 0. The summed E-state index contributed by atoms with van der Waals surface area (Å²) in [6.07, 6.45) is 9.78. The van der Waals surface area contributed by atoms with Gasteiger partial charge < -0.3 is 10.2 Å². The molecule has 0 aromatic rings. The maximum atomic E-state index is 12.8. The quantitative estimate of drug-likeness (QED) is 0.546. The first-order valence-electron chi connectivity index (χ1n) is 13.2. The smallest absolute Gasteiger partial charge is 0.152 e. The number of allylic oxidation sites excluding steroid dienone is 1. The molecule has 0 saturated heterocycles. The average molecular weight is 459 g/mol. The normalized spacial score (nSPS) is 48.6. The monoisotopic (exact) mass is 458 g/mol. The second kappa shape index (κ2) is 7.75. The van der Waals surface area contributed by atoms with Crippen LogP contribution >= 0.6 is 0 Å². The number of carbonyl (C=O) groups excluding carboxylic acids is 2. The van der Waals surface area contributed by atoms with Gasteiger partial charge in [0.05, 0.1) is 11.7 Å². The van der Waals surface area contributed by atoms with E-state index in [0.29, 0.717) is 30.5 Å². The van der Waals surface area contributed by atoms with Crippen molar-refractivity contribution in [3.05, 3.63) is 12.2 Å². The minimum atomic E-state index is -0.946. The molecule has 0 unspecified atom stereocenters. The summed E-state index contributed by atoms with van der Waals surface area (Å²) in [5.41, 5.74) is -1.14. The Morgan fingerprint density at radius 2 is 1.70 bits per heavy atom. The topological polar surface area (TPSA) is 74.6 Å². The minimum absolute atomic E-state index is 0.00555. The van der Waals surface area contributed by atoms with E-state index in [4.69, 9.17) is 0 Å². The largest absolute Gasteiger partial charge is 0.393 e. The van der Waals surface area contributed by atoms with Crippen molar-refractivity contribution in [1.82, 2.24) is 0 Å². The van der Waals surface area contributed by atoms with Crippen LogP contribution in [0.5, 0.6) is 0 Å². The molecule has 4 heteroatoms. The first-order chi connectivity index (χ1) is 15.1. The average Bonchev–Trinajstić information content (AvgIpc) is 3.08. The van der Waals surface area contributed by atoms with E-state index in [1.165, 1.54) is 6.92 Å². The molecule has 4 rings (SSSR count). The first kappa shape index (κ1) is 25.1. The lowest BCUT2D eigenvalue weighted by Gasteiger charge is -2.69. The van der Waals surface area contributed by atoms with Crippen LogP contribution in [0.15, 0.2) is 12.2 Å². The Morgan fingerprint density at radius 1 is 1.06 bits per heavy atom. The molecule has 0 aromatic heterocycles. The molecule has 0 aromatic carbocycles. The SMILES string of the molecule is CC(=O)/C=C/C[C@](C)(O)[C@H]1CC[C@]2(C)[C@@H]1[C@H](O)C[C@@H]1[C@@]3(C)CCC(=O)C(C)(C)[C@@H]3CC[C@]12C. The Hall–Kier alpha value is -1.00. The van der Waals surface area contributed by atoms with E-state index in [1.54, 1.807) is 12.2 Å². The second-order valence-corrected chi connectivity index (χ2v) is 13.7. The molecule has 0 aliphatic heterocycles. The minimum Gasteiger partial charge on any atom is -0.393 e. The molecule has 4 nitrogen and oxygen atoms in total. The number of ketones is 2. The van der Waals surface area contributed by atoms with Crippen LogP contribution in [0.1, 0.15) is 99.8 Å². The number of fused-ring (bicyclic) bond motifs is 5. The summed E-state index contributed by atoms with van der Waals surface area (Å²) < 4.78 is 0. The van der Waals surface area contributed by atoms with Gasteiger partial charge in [-0.3, -0.25) is 9.59 Å². The van der Waals surface area contributed by atoms with Crippen LogP contribution in [-0.2, 0) is 9.59 Å². The molecule has 0 heterocycles. The zero-order chi connectivity index (χ0) is 24.6. The van der Waals surface area contributed by atoms with Gasteiger partial charge in [-0.15, -0.1) is 0 Å². The van der Waals surface area contributed by atoms with Crippen molar-refractivity contribution in [2.24, 2.45) is 45.3 Å². The number of carbonyl (C=O) groups is 2. The predicted octanol–water partition coefficient (Wildman–Crippen LogP) is 5.50. The van der Waals surface area contributed by atoms with Crippen molar-refractivity contribution in [2.75, 3.05) is 0 Å². The molecule has 0 radical (unpaired) electrons. The van der Waals surface area contributed by atoms with Crippen molar-refractivity contribution in [3.8, 4) is 0 Å². The van der Waals surface area contributed by atoms with Crippen molar-refractivity contribution >= 4 is 11.6 Å². The summed E-state index contributed by atoms with van der Waals surface area (Å²) in [6, 6.07) is 0. The highest BCUT2D eigenvalue weighted by Crippen LogP contribution is 2.75. The van der Waals surface area contributed by atoms with Crippen LogP contribution in [0.25, 0.3) is 0 Å². The van der Waals surface area contributed by atoms with Crippen LogP contribution in [0, 0.1) is 45.3 Å². The summed E-state index contributed by atoms with van der Waals surface area (Å²) in [5.74, 6) is 1.22. The number of aliphatic hydroxyl groups is 2. The Bertz CT molecular complexity index is 856. The van der Waals surface area contributed by atoms with Crippen LogP contribution < -0.4 is 0 Å². The molecule has 0 amide bonds. The number of rotatable bonds is 4. The van der Waals surface area contributed by atoms with Crippen LogP contribution in [0.4, 0.5) is 0 Å². The molecule has 4 saturated carbocycles. The van der Waals surface area contributed by atoms with E-state index < -0.39 is 11.7 Å². The van der Waals surface area contributed by atoms with Gasteiger partial charge in [0.1, 0.15) is 5.78 Å². The van der Waals surface area contributed by atoms with Crippen LogP contribution in [0.3, 0.4) is 0 Å². The van der Waals surface area contributed by atoms with E-state index >= 15 is 0 Å². The first-order valence-corrected chi connectivity index (χ1v) is 13.2. The highest BCUT2D eigenvalue weighted by Gasteiger charge is 2.71. The molecule has 9 atom stereocenters. The van der Waals surface area contributed by atoms with Crippen molar-refractivity contribution in [2.45, 2.75) is 112 Å². The van der Waals surface area contributed by atoms with E-state index in [0.717, 1.165) is 38.5 Å². The van der Waals surface area contributed by atoms with E-state index in [-0.39, 0.29) is 39.3 Å². The van der Waals surface area contributed by atoms with Gasteiger partial charge >= 0.3 is 0 Å². The molecule has 4 aliphatic carbocycles. The summed E-state index contributed by atoms with van der Waals surface area (Å²) in [6.45, 7) is 15.0. The molecule has 0 bridgehead atoms. The molecule has 4 aliphatic rings. The molecule has 186 valence electrons. The standard InChI is InChI=1S/C29H46O4/c1-18(30)9-8-13-29(7,33)19-10-15-28(6)24(19)20(31)17-22-26(4)14-12-23(32)25(2,3)21(26)11-16-27(22,28)5/h8-9,19-22,24,31,33H,10-17H2,1-7H3/b9-8+/t19-,20+,21-,22+,24-,26-,27+,28+,29-/m0/s1. The summed E-state index contributed by atoms with van der Waals surface area (Å²) in [5, 5.41) is 23.2. The number of hydrogen-bond donors (Lipinski definition) is 2. The molecular weight excluding hydrogens is 412 g/mol. The number of hydrogen-bond acceptors (Lipinski definition) is 4. The zero-order valence-electron chi connectivity index (χ0n) is 21.9. The Labute approximate surface area is 200 Å². The highest BCUT2D eigenvalue weighted by molar-refractivity contribution is 5.87. The molecular formula is C29H46O4. The third kappa shape index (κ3) is 3.44. The third-order valence-corrected chi connectivity index (χ3v) is 11.8. The molecule has 2 N–H and O–H groups in total. The lowest BCUT2D eigenvalue weighted by Crippen LogP contribution is -2.66. The maximum absolute atomic E-state index is 12.8. The predicted molar refractivity (Wildman–Crippen MR) is 130 cm³/mol. The van der Waals surface area contributed by atoms with Gasteiger partial charge in [0.2, 0.25) is 0 Å². The van der Waals surface area contributed by atoms with E-state index in [2.05, 4.69) is 34.6 Å². The zero-order valence-corrected chi connectivity index (χ0v) is 21.9. The fourth-order valence-corrected chi connectivity index (χ4v) is 9.87. The van der Waals surface area contributed by atoms with Crippen molar-refractivity contribution in [3.63, 3.8) is 0 Å². The summed E-state index contributed by atoms with van der Waals surface area (Å²) in [4.78, 5) is 24.2. The van der Waals surface area contributed by atoms with Gasteiger partial charge in [-0.1, -0.05) is 40.7 Å². The fourth-order valence-electron chi connectivity index (χ4n) is 9.87. The van der Waals surface area contributed by atoms with Crippen molar-refractivity contribution in [1.29, 1.82) is 0 Å². The van der Waals surface area contributed by atoms with Gasteiger partial charge in [-0.05, 0) is 105 Å². The van der Waals surface area contributed by atoms with Gasteiger partial charge in [-0.25, -0.2) is 0 Å². The Kier molecular flexibility index (Phi) is 5.90. The number of aliphatic hydroxyl groups excluding tert-OH is 1. The fraction of sp³-hybridized carbons (Fsp3) is 0.862. The molecule has 0 spiro atoms. The van der Waals surface area contributed by atoms with Crippen molar-refractivity contribution < 1.29 is 19.8 Å². The van der Waals surface area contributed by atoms with E-state index in [1.807, 2.05) is 6.92 Å². The Morgan fingerprint density at radius 3 is 2.33 bits per heavy atom. The lowest BCUT2D eigenvalue weighted by molar-refractivity contribution is -0.232. The summed E-state index contributed by atoms with van der Waals surface area (Å²) >= 11 is 0. The Balaban J connectivity index is 1.68. The molecule has 33 heavy (non-hydrogen) atoms. The second-order valence-electron chi connectivity index (χ2n) is 13.7. The van der Waals surface area contributed by atoms with Gasteiger partial charge in [0, 0.05) is 11.8 Å². The van der Waals surface area contributed by atoms with Crippen LogP contribution in [0.2, 0.25) is 0 Å². The maximum Gasteiger partial charge on any atom is 0.152 e. The highest BCUT2D eigenvalue weighted by atomic mass is 16.3. The van der Waals surface area contributed by atoms with Gasteiger partial charge in [-0.2, -0.15) is 0 Å². The lowest BCUT2D eigenvalue weighted by atomic mass is 9.35. The molecule has 4 fully saturated rings. The third-order valence-electron chi connectivity index (χ3n) is 11.8. The van der Waals surface area contributed by atoms with Gasteiger partial charge in [0.25, 0.3) is 0 Å².